The quantitative estimate of drug-likeness (QED) is 0.642. The van der Waals surface area contributed by atoms with Gasteiger partial charge in [0.1, 0.15) is 18.0 Å². The van der Waals surface area contributed by atoms with Gasteiger partial charge in [-0.15, -0.1) is 0 Å². The van der Waals surface area contributed by atoms with E-state index in [2.05, 4.69) is 39.5 Å². The van der Waals surface area contributed by atoms with Crippen LogP contribution >= 0.6 is 0 Å². The molecule has 1 aromatic heterocycles. The standard InChI is InChI=1S/C24H23N3O3/c28-23(29)18-6-8-19(9-7-18)24(11-12-24)26-22-21-20(10-13-25-22)30-15-14-27(21)16-17-4-2-1-3-5-17/h1-10,13H,11-12,14-16H2,(H,25,26)(H,28,29). The van der Waals surface area contributed by atoms with Crippen molar-refractivity contribution in [1.29, 1.82) is 0 Å². The van der Waals surface area contributed by atoms with Crippen molar-refractivity contribution in [2.75, 3.05) is 23.4 Å². The average molecular weight is 401 g/mol. The van der Waals surface area contributed by atoms with Crippen LogP contribution in [-0.2, 0) is 12.1 Å². The topological polar surface area (TPSA) is 74.7 Å². The summed E-state index contributed by atoms with van der Waals surface area (Å²) in [6, 6.07) is 19.4. The number of pyridine rings is 1. The number of nitrogens with one attached hydrogen (secondary N) is 1. The van der Waals surface area contributed by atoms with Crippen molar-refractivity contribution in [3.63, 3.8) is 0 Å². The van der Waals surface area contributed by atoms with Gasteiger partial charge in [-0.25, -0.2) is 9.78 Å². The van der Waals surface area contributed by atoms with Crippen LogP contribution in [0, 0.1) is 0 Å². The zero-order valence-electron chi connectivity index (χ0n) is 16.5. The number of carbonyl (C=O) groups is 1. The maximum Gasteiger partial charge on any atom is 0.335 e. The lowest BCUT2D eigenvalue weighted by molar-refractivity contribution is 0.0697. The van der Waals surface area contributed by atoms with E-state index in [0.717, 1.165) is 48.7 Å². The summed E-state index contributed by atoms with van der Waals surface area (Å²) in [6.07, 6.45) is 3.73. The van der Waals surface area contributed by atoms with Gasteiger partial charge in [0.05, 0.1) is 17.6 Å². The molecule has 2 heterocycles. The lowest BCUT2D eigenvalue weighted by atomic mass is 10.0. The van der Waals surface area contributed by atoms with Crippen LogP contribution in [0.25, 0.3) is 0 Å². The number of fused-ring (bicyclic) bond motifs is 1. The molecule has 6 nitrogen and oxygen atoms in total. The van der Waals surface area contributed by atoms with Crippen molar-refractivity contribution < 1.29 is 14.6 Å². The first kappa shape index (κ1) is 18.5. The van der Waals surface area contributed by atoms with E-state index in [-0.39, 0.29) is 5.54 Å². The molecule has 0 unspecified atom stereocenters. The molecule has 0 bridgehead atoms. The van der Waals surface area contributed by atoms with Crippen molar-refractivity contribution in [2.45, 2.75) is 24.9 Å². The third-order valence-corrected chi connectivity index (χ3v) is 5.83. The normalized spacial score (nSPS) is 16.3. The molecule has 0 radical (unpaired) electrons. The Morgan fingerprint density at radius 2 is 1.87 bits per heavy atom. The molecule has 3 aromatic rings. The number of aromatic nitrogens is 1. The van der Waals surface area contributed by atoms with Crippen LogP contribution in [0.4, 0.5) is 11.5 Å². The molecule has 1 aliphatic heterocycles. The predicted octanol–water partition coefficient (Wildman–Crippen LogP) is 4.28. The molecule has 0 amide bonds. The number of anilines is 2. The molecule has 2 aromatic carbocycles. The van der Waals surface area contributed by atoms with Gasteiger partial charge in [0.15, 0.2) is 5.82 Å². The Kier molecular flexibility index (Phi) is 4.54. The molecule has 0 saturated heterocycles. The summed E-state index contributed by atoms with van der Waals surface area (Å²) < 4.78 is 5.93. The van der Waals surface area contributed by atoms with E-state index < -0.39 is 5.97 Å². The Balaban J connectivity index is 1.45. The molecule has 0 atom stereocenters. The largest absolute Gasteiger partial charge is 0.489 e. The molecular weight excluding hydrogens is 378 g/mol. The fraction of sp³-hybridized carbons (Fsp3) is 0.250. The number of carboxylic acids is 1. The fourth-order valence-corrected chi connectivity index (χ4v) is 4.06. The van der Waals surface area contributed by atoms with Gasteiger partial charge in [-0.3, -0.25) is 0 Å². The first-order chi connectivity index (χ1) is 14.6. The maximum absolute atomic E-state index is 11.2. The van der Waals surface area contributed by atoms with E-state index in [1.807, 2.05) is 24.3 Å². The third-order valence-electron chi connectivity index (χ3n) is 5.83. The average Bonchev–Trinajstić information content (AvgIpc) is 3.55. The van der Waals surface area contributed by atoms with E-state index in [9.17, 15) is 4.79 Å². The number of benzene rings is 2. The number of rotatable bonds is 6. The molecule has 1 saturated carbocycles. The highest BCUT2D eigenvalue weighted by Crippen LogP contribution is 2.50. The summed E-state index contributed by atoms with van der Waals surface area (Å²) in [7, 11) is 0. The second kappa shape index (κ2) is 7.37. The fourth-order valence-electron chi connectivity index (χ4n) is 4.06. The zero-order valence-corrected chi connectivity index (χ0v) is 16.5. The first-order valence-corrected chi connectivity index (χ1v) is 10.2. The van der Waals surface area contributed by atoms with Crippen molar-refractivity contribution in [3.05, 3.63) is 83.6 Å². The van der Waals surface area contributed by atoms with Crippen molar-refractivity contribution in [2.24, 2.45) is 0 Å². The van der Waals surface area contributed by atoms with Gasteiger partial charge in [-0.1, -0.05) is 42.5 Å². The highest BCUT2D eigenvalue weighted by molar-refractivity contribution is 5.87. The number of hydrogen-bond donors (Lipinski definition) is 2. The van der Waals surface area contributed by atoms with Gasteiger partial charge < -0.3 is 20.1 Å². The van der Waals surface area contributed by atoms with Crippen molar-refractivity contribution >= 4 is 17.5 Å². The minimum atomic E-state index is -0.910. The maximum atomic E-state index is 11.2. The Hall–Kier alpha value is -3.54. The second-order valence-electron chi connectivity index (χ2n) is 7.85. The number of ether oxygens (including phenoxy) is 1. The minimum Gasteiger partial charge on any atom is -0.489 e. The summed E-state index contributed by atoms with van der Waals surface area (Å²) in [4.78, 5) is 18.1. The molecule has 2 N–H and O–H groups in total. The monoisotopic (exact) mass is 401 g/mol. The number of hydrogen-bond acceptors (Lipinski definition) is 5. The van der Waals surface area contributed by atoms with Crippen LogP contribution in [0.1, 0.15) is 34.3 Å². The summed E-state index contributed by atoms with van der Waals surface area (Å²) in [5, 5.41) is 12.8. The van der Waals surface area contributed by atoms with E-state index in [0.29, 0.717) is 12.2 Å². The summed E-state index contributed by atoms with van der Waals surface area (Å²) >= 11 is 0. The summed E-state index contributed by atoms with van der Waals surface area (Å²) in [5.74, 6) is 0.738. The van der Waals surface area contributed by atoms with E-state index in [1.165, 1.54) is 5.56 Å². The lowest BCUT2D eigenvalue weighted by Crippen LogP contribution is -2.34. The minimum absolute atomic E-state index is 0.213. The smallest absolute Gasteiger partial charge is 0.335 e. The second-order valence-corrected chi connectivity index (χ2v) is 7.85. The van der Waals surface area contributed by atoms with Crippen LogP contribution in [0.5, 0.6) is 5.75 Å². The van der Waals surface area contributed by atoms with Crippen molar-refractivity contribution in [1.82, 2.24) is 4.98 Å². The molecule has 152 valence electrons. The van der Waals surface area contributed by atoms with Gasteiger partial charge in [-0.05, 0) is 36.1 Å². The molecule has 30 heavy (non-hydrogen) atoms. The highest BCUT2D eigenvalue weighted by Gasteiger charge is 2.45. The predicted molar refractivity (Wildman–Crippen MR) is 115 cm³/mol. The first-order valence-electron chi connectivity index (χ1n) is 10.2. The number of aromatic carboxylic acids is 1. The highest BCUT2D eigenvalue weighted by atomic mass is 16.5. The SMILES string of the molecule is O=C(O)c1ccc(C2(Nc3nccc4c3N(Cc3ccccc3)CCO4)CC2)cc1. The van der Waals surface area contributed by atoms with Crippen LogP contribution in [-0.4, -0.2) is 29.2 Å². The lowest BCUT2D eigenvalue weighted by Gasteiger charge is -2.33. The van der Waals surface area contributed by atoms with E-state index in [4.69, 9.17) is 9.84 Å². The van der Waals surface area contributed by atoms with Crippen LogP contribution in [0.15, 0.2) is 66.9 Å². The molecule has 1 aliphatic carbocycles. The van der Waals surface area contributed by atoms with Crippen LogP contribution in [0.2, 0.25) is 0 Å². The number of carboxylic acid groups (broad SMARTS) is 1. The van der Waals surface area contributed by atoms with E-state index in [1.54, 1.807) is 18.3 Å². The summed E-state index contributed by atoms with van der Waals surface area (Å²) in [5.41, 5.74) is 3.40. The van der Waals surface area contributed by atoms with Gasteiger partial charge in [0.25, 0.3) is 0 Å². The Labute approximate surface area is 175 Å². The van der Waals surface area contributed by atoms with E-state index >= 15 is 0 Å². The molecule has 5 rings (SSSR count). The van der Waals surface area contributed by atoms with Crippen LogP contribution in [0.3, 0.4) is 0 Å². The molecule has 2 aliphatic rings. The van der Waals surface area contributed by atoms with Gasteiger partial charge >= 0.3 is 5.97 Å². The molecule has 1 fully saturated rings. The van der Waals surface area contributed by atoms with Gasteiger partial charge in [-0.2, -0.15) is 0 Å². The third kappa shape index (κ3) is 3.45. The van der Waals surface area contributed by atoms with Gasteiger partial charge in [0.2, 0.25) is 0 Å². The molecular formula is C24H23N3O3. The molecule has 6 heteroatoms. The zero-order chi connectivity index (χ0) is 20.6. The van der Waals surface area contributed by atoms with Crippen molar-refractivity contribution in [3.8, 4) is 5.75 Å². The Bertz CT molecular complexity index is 1060. The Morgan fingerprint density at radius 1 is 1.10 bits per heavy atom. The number of nitrogens with zero attached hydrogens (tertiary/aromatic N) is 2. The van der Waals surface area contributed by atoms with Gasteiger partial charge in [0, 0.05) is 18.8 Å². The Morgan fingerprint density at radius 3 is 2.57 bits per heavy atom. The van der Waals surface area contributed by atoms with Crippen LogP contribution < -0.4 is 15.0 Å². The summed E-state index contributed by atoms with van der Waals surface area (Å²) in [6.45, 7) is 2.23. The molecule has 0 spiro atoms.